The van der Waals surface area contributed by atoms with Crippen LogP contribution in [0.4, 0.5) is 0 Å². The lowest BCUT2D eigenvalue weighted by atomic mass is 9.47. The van der Waals surface area contributed by atoms with E-state index >= 15 is 0 Å². The Balaban J connectivity index is 1.47. The van der Waals surface area contributed by atoms with Crippen molar-refractivity contribution in [3.63, 3.8) is 0 Å². The van der Waals surface area contributed by atoms with Crippen molar-refractivity contribution >= 4 is 0 Å². The smallest absolute Gasteiger partial charge is 0.0577 e. The molecule has 0 aromatic carbocycles. The van der Waals surface area contributed by atoms with Gasteiger partial charge >= 0.3 is 0 Å². The highest BCUT2D eigenvalue weighted by Crippen LogP contribution is 2.67. The minimum Gasteiger partial charge on any atom is -0.393 e. The van der Waals surface area contributed by atoms with Crippen molar-refractivity contribution in [2.75, 3.05) is 0 Å². The predicted molar refractivity (Wildman–Crippen MR) is 128 cm³/mol. The molecule has 0 bridgehead atoms. The van der Waals surface area contributed by atoms with E-state index in [9.17, 15) is 5.11 Å². The molecular weight excluding hydrogens is 364 g/mol. The molecule has 4 aliphatic carbocycles. The molecule has 0 aromatic rings. The Morgan fingerprint density at radius 2 is 1.77 bits per heavy atom. The second kappa shape index (κ2) is 8.57. The summed E-state index contributed by atoms with van der Waals surface area (Å²) in [6.45, 7) is 15.1. The van der Waals surface area contributed by atoms with Gasteiger partial charge in [-0.05, 0) is 110 Å². The van der Waals surface area contributed by atoms with Crippen LogP contribution in [0.2, 0.25) is 0 Å². The summed E-state index contributed by atoms with van der Waals surface area (Å²) in [5, 5.41) is 10.2. The summed E-state index contributed by atoms with van der Waals surface area (Å²) in [6.07, 6.45) is 17.1. The molecule has 0 heterocycles. The summed E-state index contributed by atoms with van der Waals surface area (Å²) < 4.78 is 0. The Bertz CT molecular complexity index is 634. The highest BCUT2D eigenvalue weighted by atomic mass is 16.3. The van der Waals surface area contributed by atoms with E-state index in [1.807, 2.05) is 0 Å². The zero-order valence-electron chi connectivity index (χ0n) is 20.9. The average Bonchev–Trinajstić information content (AvgIpc) is 3.06. The summed E-state index contributed by atoms with van der Waals surface area (Å²) in [5.74, 6) is 6.31. The van der Waals surface area contributed by atoms with Crippen LogP contribution in [0.25, 0.3) is 0 Å². The number of aliphatic hydroxyl groups excluding tert-OH is 1. The third-order valence-corrected chi connectivity index (χ3v) is 11.3. The normalized spacial score (nSPS) is 45.3. The van der Waals surface area contributed by atoms with Crippen molar-refractivity contribution in [2.24, 2.45) is 52.3 Å². The maximum absolute atomic E-state index is 10.2. The summed E-state index contributed by atoms with van der Waals surface area (Å²) in [4.78, 5) is 0. The molecule has 0 amide bonds. The molecule has 9 atom stereocenters. The third-order valence-electron chi connectivity index (χ3n) is 11.3. The fourth-order valence-corrected chi connectivity index (χ4v) is 9.30. The Morgan fingerprint density at radius 1 is 1.00 bits per heavy atom. The van der Waals surface area contributed by atoms with Gasteiger partial charge in [0, 0.05) is 0 Å². The number of hydrogen-bond donors (Lipinski definition) is 1. The van der Waals surface area contributed by atoms with Gasteiger partial charge < -0.3 is 5.11 Å². The molecule has 0 aliphatic heterocycles. The number of rotatable bonds is 6. The lowest BCUT2D eigenvalue weighted by Gasteiger charge is -2.58. The largest absolute Gasteiger partial charge is 0.393 e. The first-order valence-corrected chi connectivity index (χ1v) is 13.6. The van der Waals surface area contributed by atoms with Gasteiger partial charge in [0.15, 0.2) is 0 Å². The van der Waals surface area contributed by atoms with Crippen LogP contribution in [0, 0.1) is 52.3 Å². The van der Waals surface area contributed by atoms with Gasteiger partial charge in [0.25, 0.3) is 0 Å². The Kier molecular flexibility index (Phi) is 6.53. The van der Waals surface area contributed by atoms with E-state index in [0.717, 1.165) is 54.3 Å². The maximum Gasteiger partial charge on any atom is 0.0577 e. The van der Waals surface area contributed by atoms with Crippen LogP contribution in [-0.4, -0.2) is 11.2 Å². The van der Waals surface area contributed by atoms with Crippen molar-refractivity contribution in [1.29, 1.82) is 0 Å². The van der Waals surface area contributed by atoms with Crippen molar-refractivity contribution in [3.8, 4) is 0 Å². The van der Waals surface area contributed by atoms with Crippen LogP contribution in [0.3, 0.4) is 0 Å². The predicted octanol–water partition coefficient (Wildman–Crippen LogP) is 8.02. The SMILES string of the molecule is CCC(CCC(C)[C@@H]1CC[C@@H]2[C@@H]3CC=C4CC(O)CC[C@]4(C)[C@@H]3CC[C@@]21C)C(C)C. The van der Waals surface area contributed by atoms with Crippen molar-refractivity contribution in [3.05, 3.63) is 11.6 Å². The van der Waals surface area contributed by atoms with Gasteiger partial charge in [-0.2, -0.15) is 0 Å². The van der Waals surface area contributed by atoms with Crippen molar-refractivity contribution in [2.45, 2.75) is 118 Å². The Hall–Kier alpha value is -0.300. The minimum absolute atomic E-state index is 0.0794. The van der Waals surface area contributed by atoms with E-state index in [-0.39, 0.29) is 6.10 Å². The quantitative estimate of drug-likeness (QED) is 0.436. The van der Waals surface area contributed by atoms with Gasteiger partial charge in [0.1, 0.15) is 0 Å². The van der Waals surface area contributed by atoms with Crippen LogP contribution in [0.1, 0.15) is 112 Å². The first-order chi connectivity index (χ1) is 14.2. The van der Waals surface area contributed by atoms with E-state index in [4.69, 9.17) is 0 Å². The van der Waals surface area contributed by atoms with Gasteiger partial charge in [-0.15, -0.1) is 0 Å². The van der Waals surface area contributed by atoms with E-state index in [1.54, 1.807) is 5.57 Å². The van der Waals surface area contributed by atoms with Crippen LogP contribution in [0.5, 0.6) is 0 Å². The maximum atomic E-state index is 10.2. The molecule has 0 spiro atoms. The molecule has 3 saturated carbocycles. The summed E-state index contributed by atoms with van der Waals surface area (Å²) >= 11 is 0. The number of aliphatic hydroxyl groups is 1. The highest BCUT2D eigenvalue weighted by Gasteiger charge is 2.59. The van der Waals surface area contributed by atoms with Gasteiger partial charge in [-0.25, -0.2) is 0 Å². The average molecular weight is 415 g/mol. The standard InChI is InChI=1S/C29H50O/c1-7-21(19(2)3)9-8-20(4)25-12-13-26-24-11-10-22-18-23(30)14-16-28(22,5)27(24)15-17-29(25,26)6/h10,19-21,23-27,30H,7-9,11-18H2,1-6H3/t20?,21?,23?,24-,25-,26+,27+,28-,29+/m0/s1. The number of allylic oxidation sites excluding steroid dienone is 1. The Labute approximate surface area is 187 Å². The molecule has 4 aliphatic rings. The lowest BCUT2D eigenvalue weighted by Crippen LogP contribution is -2.50. The number of fused-ring (bicyclic) bond motifs is 5. The van der Waals surface area contributed by atoms with E-state index < -0.39 is 0 Å². The zero-order valence-corrected chi connectivity index (χ0v) is 20.9. The second-order valence-corrected chi connectivity index (χ2v) is 12.9. The Morgan fingerprint density at radius 3 is 2.47 bits per heavy atom. The lowest BCUT2D eigenvalue weighted by molar-refractivity contribution is -0.0575. The molecule has 1 heteroatoms. The fraction of sp³-hybridized carbons (Fsp3) is 0.931. The minimum atomic E-state index is -0.0794. The molecule has 30 heavy (non-hydrogen) atoms. The van der Waals surface area contributed by atoms with E-state index in [2.05, 4.69) is 47.6 Å². The molecule has 172 valence electrons. The van der Waals surface area contributed by atoms with Crippen LogP contribution in [0.15, 0.2) is 11.6 Å². The topological polar surface area (TPSA) is 20.2 Å². The second-order valence-electron chi connectivity index (χ2n) is 12.9. The van der Waals surface area contributed by atoms with Crippen LogP contribution < -0.4 is 0 Å². The molecule has 3 fully saturated rings. The van der Waals surface area contributed by atoms with Crippen LogP contribution >= 0.6 is 0 Å². The van der Waals surface area contributed by atoms with Crippen molar-refractivity contribution in [1.82, 2.24) is 0 Å². The summed E-state index contributed by atoms with van der Waals surface area (Å²) in [7, 11) is 0. The molecule has 0 aromatic heterocycles. The summed E-state index contributed by atoms with van der Waals surface area (Å²) in [6, 6.07) is 0. The fourth-order valence-electron chi connectivity index (χ4n) is 9.30. The molecule has 3 unspecified atom stereocenters. The summed E-state index contributed by atoms with van der Waals surface area (Å²) in [5.41, 5.74) is 2.59. The molecule has 4 rings (SSSR count). The van der Waals surface area contributed by atoms with E-state index in [0.29, 0.717) is 10.8 Å². The first kappa shape index (κ1) is 22.9. The van der Waals surface area contributed by atoms with Gasteiger partial charge in [0.2, 0.25) is 0 Å². The molecule has 1 N–H and O–H groups in total. The molecule has 1 nitrogen and oxygen atoms in total. The first-order valence-electron chi connectivity index (χ1n) is 13.6. The zero-order chi connectivity index (χ0) is 21.7. The van der Waals surface area contributed by atoms with Gasteiger partial charge in [-0.3, -0.25) is 0 Å². The highest BCUT2D eigenvalue weighted by molar-refractivity contribution is 5.25. The monoisotopic (exact) mass is 414 g/mol. The van der Waals surface area contributed by atoms with Crippen LogP contribution in [-0.2, 0) is 0 Å². The third kappa shape index (κ3) is 3.74. The molecule has 0 radical (unpaired) electrons. The molecular formula is C29H50O. The van der Waals surface area contributed by atoms with Crippen molar-refractivity contribution < 1.29 is 5.11 Å². The number of hydrogen-bond acceptors (Lipinski definition) is 1. The molecule has 0 saturated heterocycles. The van der Waals surface area contributed by atoms with Gasteiger partial charge in [-0.1, -0.05) is 66.0 Å². The van der Waals surface area contributed by atoms with Gasteiger partial charge in [0.05, 0.1) is 6.10 Å². The van der Waals surface area contributed by atoms with E-state index in [1.165, 1.54) is 57.8 Å².